The Morgan fingerprint density at radius 1 is 0.500 bits per heavy atom. The van der Waals surface area contributed by atoms with E-state index in [1.54, 1.807) is 109 Å². The lowest BCUT2D eigenvalue weighted by molar-refractivity contribution is -0.125. The summed E-state index contributed by atoms with van der Waals surface area (Å²) in [5.74, 6) is -5.79. The average Bonchev–Trinajstić information content (AvgIpc) is 1.52. The van der Waals surface area contributed by atoms with Gasteiger partial charge in [-0.3, -0.25) is 39.4 Å². The van der Waals surface area contributed by atoms with Gasteiger partial charge in [0, 0.05) is 79.9 Å². The van der Waals surface area contributed by atoms with Crippen LogP contribution in [0.3, 0.4) is 0 Å². The van der Waals surface area contributed by atoms with Crippen LogP contribution in [0.2, 0.25) is 20.1 Å². The summed E-state index contributed by atoms with van der Waals surface area (Å²) >= 11 is 25.6. The van der Waals surface area contributed by atoms with Crippen molar-refractivity contribution in [3.63, 3.8) is 0 Å². The van der Waals surface area contributed by atoms with Crippen molar-refractivity contribution in [3.8, 4) is 0 Å². The molecule has 6 atom stereocenters. The minimum Gasteiger partial charge on any atom is -0.377 e. The normalized spacial score (nSPS) is 23.6. The number of rotatable bonds is 17. The van der Waals surface area contributed by atoms with E-state index >= 15 is 8.78 Å². The number of benzene rings is 6. The van der Waals surface area contributed by atoms with Gasteiger partial charge < -0.3 is 41.4 Å². The summed E-state index contributed by atoms with van der Waals surface area (Å²) in [7, 11) is 0. The first-order chi connectivity index (χ1) is 42.5. The molecule has 6 aromatic carbocycles. The third-order valence-corrected chi connectivity index (χ3v) is 19.9. The maximum atomic E-state index is 16.3. The maximum absolute atomic E-state index is 16.3. The van der Waals surface area contributed by atoms with Gasteiger partial charge in [0.05, 0.1) is 48.6 Å². The van der Waals surface area contributed by atoms with Crippen LogP contribution in [0.4, 0.5) is 31.5 Å². The number of carbonyl (C=O) groups is 6. The topological polar surface area (TPSA) is 217 Å². The molecule has 6 aliphatic rings. The smallest absolute Gasteiger partial charge is 0.251 e. The lowest BCUT2D eigenvalue weighted by Gasteiger charge is -2.47. The van der Waals surface area contributed by atoms with Crippen LogP contribution in [-0.4, -0.2) is 98.1 Å². The fourth-order valence-electron chi connectivity index (χ4n) is 15.3. The molecule has 8 N–H and O–H groups in total. The molecule has 0 radical (unpaired) electrons. The highest BCUT2D eigenvalue weighted by Gasteiger charge is 2.74. The van der Waals surface area contributed by atoms with E-state index in [0.717, 1.165) is 38.5 Å². The fraction of sp³-hybridized carbons (Fsp3) is 0.364. The highest BCUT2D eigenvalue weighted by molar-refractivity contribution is 6.32. The summed E-state index contributed by atoms with van der Waals surface area (Å²) in [5, 5.41) is 25.5. The molecule has 16 nitrogen and oxygen atoms in total. The summed E-state index contributed by atoms with van der Waals surface area (Å²) in [6.45, 7) is 1.23. The number of hydrogen-bond acceptors (Lipinski definition) is 10. The van der Waals surface area contributed by atoms with Crippen LogP contribution in [0.5, 0.6) is 0 Å². The summed E-state index contributed by atoms with van der Waals surface area (Å²) in [4.78, 5) is 84.8. The second kappa shape index (κ2) is 25.1. The van der Waals surface area contributed by atoms with E-state index in [-0.39, 0.29) is 84.3 Å². The quantitative estimate of drug-likeness (QED) is 0.0404. The minimum atomic E-state index is -1.38. The molecule has 458 valence electrons. The van der Waals surface area contributed by atoms with E-state index in [9.17, 15) is 28.8 Å². The van der Waals surface area contributed by atoms with Crippen LogP contribution in [0.15, 0.2) is 121 Å². The molecule has 2 saturated heterocycles. The predicted molar refractivity (Wildman–Crippen MR) is 334 cm³/mol. The Kier molecular flexibility index (Phi) is 17.5. The Balaban J connectivity index is 0.598. The number of hydrogen-bond donors (Lipinski definition) is 8. The number of anilines is 4. The number of amides is 6. The van der Waals surface area contributed by atoms with Gasteiger partial charge in [0.15, 0.2) is 0 Å². The molecule has 12 rings (SSSR count). The zero-order valence-electron chi connectivity index (χ0n) is 47.7. The third-order valence-electron chi connectivity index (χ3n) is 18.9. The molecule has 0 aromatic heterocycles. The number of ether oxygens (including phenoxy) is 2. The van der Waals surface area contributed by atoms with Crippen molar-refractivity contribution in [1.82, 2.24) is 21.3 Å². The molecular formula is C66H64Cl4F2N8O8. The van der Waals surface area contributed by atoms with Gasteiger partial charge in [-0.25, -0.2) is 8.78 Å². The first-order valence-corrected chi connectivity index (χ1v) is 31.2. The number of fused-ring (bicyclic) bond motifs is 6. The third kappa shape index (κ3) is 10.7. The number of carbonyl (C=O) groups excluding carboxylic acids is 6. The molecule has 2 saturated carbocycles. The zero-order chi connectivity index (χ0) is 61.5. The summed E-state index contributed by atoms with van der Waals surface area (Å²) in [6, 6.07) is 30.2. The van der Waals surface area contributed by atoms with Crippen molar-refractivity contribution in [2.45, 2.75) is 110 Å². The Labute approximate surface area is 527 Å². The summed E-state index contributed by atoms with van der Waals surface area (Å²) < 4.78 is 44.0. The van der Waals surface area contributed by atoms with E-state index in [4.69, 9.17) is 55.9 Å². The van der Waals surface area contributed by atoms with Crippen LogP contribution in [0, 0.1) is 11.6 Å². The lowest BCUT2D eigenvalue weighted by atomic mass is 9.55. The van der Waals surface area contributed by atoms with E-state index in [0.29, 0.717) is 80.7 Å². The fourth-order valence-corrected chi connectivity index (χ4v) is 16.0. The molecule has 88 heavy (non-hydrogen) atoms. The Bertz CT molecular complexity index is 3500. The molecule has 2 aliphatic carbocycles. The van der Waals surface area contributed by atoms with Crippen LogP contribution < -0.4 is 42.5 Å². The molecular weight excluding hydrogens is 1210 g/mol. The van der Waals surface area contributed by atoms with Crippen molar-refractivity contribution in [2.75, 3.05) is 60.8 Å². The Morgan fingerprint density at radius 3 is 1.27 bits per heavy atom. The molecule has 6 amide bonds. The van der Waals surface area contributed by atoms with Crippen LogP contribution in [-0.2, 0) is 39.5 Å². The van der Waals surface area contributed by atoms with Gasteiger partial charge in [-0.05, 0) is 133 Å². The van der Waals surface area contributed by atoms with E-state index < -0.39 is 69.3 Å². The highest BCUT2D eigenvalue weighted by Crippen LogP contribution is 2.65. The van der Waals surface area contributed by atoms with Crippen molar-refractivity contribution >= 4 is 105 Å². The average molecular weight is 1280 g/mol. The lowest BCUT2D eigenvalue weighted by Crippen LogP contribution is -2.60. The number of halogens is 6. The van der Waals surface area contributed by atoms with Crippen molar-refractivity contribution in [3.05, 3.63) is 186 Å². The summed E-state index contributed by atoms with van der Waals surface area (Å²) in [5.41, 5.74) is -0.499. The standard InChI is InChI=1S/C66H64Cl4F2N8O8/c67-39-17-23-45-49(35-39)77-61(85)65(45)51(43-9-7-11-47(69)53(43)71)55(79-63(65)25-3-1-4-26-63)59(83)75-41-19-13-37(14-20-41)57(81)73-29-31-87-33-34-88-32-30-74-58(82)38-15-21-42(22-16-38)76-60(84)56-52(44-10-8-12-48(70)54(44)72)66(64(80-56)27-5-2-6-28-64)46-24-18-40(68)36-50(46)78-62(66)86/h7-24,35-36,51-52,55-56,79-80H,1-6,25-34H2,(H,73,81)(H,74,82)(H,75,83)(H,76,84)(H,77,85)(H,78,86)/t51-,52-,55+,56+,65+,66+/m0/s1. The first-order valence-electron chi connectivity index (χ1n) is 29.7. The molecule has 4 aliphatic heterocycles. The van der Waals surface area contributed by atoms with Gasteiger partial charge in [0.2, 0.25) is 23.6 Å². The van der Waals surface area contributed by atoms with E-state index in [2.05, 4.69) is 42.5 Å². The SMILES string of the molecule is O=C(NCCOCCOCCNC(=O)c1ccc(NC(=O)[C@@H]2NC3(CCCCC3)[C@@]3(C(=O)Nc4cc(Cl)ccc43)[C@H]2c2cccc(Cl)c2F)cc1)c1ccc(NC(=O)[C@@H]2NC3(CCCCC3)[C@@]3(C(=O)Nc4cc(Cl)ccc43)[C@H]2c2cccc(Cl)c2F)cc1. The summed E-state index contributed by atoms with van der Waals surface area (Å²) in [6.07, 6.45) is 7.39. The predicted octanol–water partition coefficient (Wildman–Crippen LogP) is 11.3. The van der Waals surface area contributed by atoms with Gasteiger partial charge in [0.1, 0.15) is 22.5 Å². The molecule has 4 heterocycles. The number of nitrogens with one attached hydrogen (secondary N) is 8. The Morgan fingerprint density at radius 2 is 0.886 bits per heavy atom. The zero-order valence-corrected chi connectivity index (χ0v) is 50.7. The van der Waals surface area contributed by atoms with Crippen molar-refractivity contribution < 1.29 is 47.0 Å². The minimum absolute atomic E-state index is 0.124. The highest BCUT2D eigenvalue weighted by atomic mass is 35.5. The van der Waals surface area contributed by atoms with Crippen LogP contribution >= 0.6 is 46.4 Å². The van der Waals surface area contributed by atoms with Crippen LogP contribution in [0.1, 0.15) is 119 Å². The van der Waals surface area contributed by atoms with Crippen LogP contribution in [0.25, 0.3) is 0 Å². The van der Waals surface area contributed by atoms with Gasteiger partial charge in [-0.1, -0.05) is 121 Å². The van der Waals surface area contributed by atoms with E-state index in [1.807, 2.05) is 0 Å². The molecule has 4 fully saturated rings. The Hall–Kier alpha value is -7.00. The molecule has 4 spiro atoms. The monoisotopic (exact) mass is 1270 g/mol. The molecule has 22 heteroatoms. The maximum Gasteiger partial charge on any atom is 0.251 e. The van der Waals surface area contributed by atoms with Gasteiger partial charge in [0.25, 0.3) is 11.8 Å². The van der Waals surface area contributed by atoms with Crippen molar-refractivity contribution in [1.29, 1.82) is 0 Å². The molecule has 0 unspecified atom stereocenters. The van der Waals surface area contributed by atoms with Gasteiger partial charge >= 0.3 is 0 Å². The first kappa shape index (κ1) is 61.2. The van der Waals surface area contributed by atoms with E-state index in [1.165, 1.54) is 12.1 Å². The van der Waals surface area contributed by atoms with Gasteiger partial charge in [-0.2, -0.15) is 0 Å². The second-order valence-corrected chi connectivity index (χ2v) is 25.2. The molecule has 0 bridgehead atoms. The second-order valence-electron chi connectivity index (χ2n) is 23.5. The largest absolute Gasteiger partial charge is 0.377 e. The van der Waals surface area contributed by atoms with Gasteiger partial charge in [-0.15, -0.1) is 0 Å². The van der Waals surface area contributed by atoms with Crippen molar-refractivity contribution in [2.24, 2.45) is 0 Å². The molecule has 6 aromatic rings.